The Balaban J connectivity index is 2.02. The smallest absolute Gasteiger partial charge is 0.251 e. The van der Waals surface area contributed by atoms with Crippen LogP contribution in [-0.2, 0) is 0 Å². The van der Waals surface area contributed by atoms with E-state index in [1.165, 1.54) is 12.8 Å². The summed E-state index contributed by atoms with van der Waals surface area (Å²) in [5.74, 6) is 0.635. The minimum Gasteiger partial charge on any atom is -0.349 e. The highest BCUT2D eigenvalue weighted by Gasteiger charge is 2.33. The van der Waals surface area contributed by atoms with Gasteiger partial charge in [-0.2, -0.15) is 0 Å². The van der Waals surface area contributed by atoms with Gasteiger partial charge in [-0.05, 0) is 42.7 Å². The van der Waals surface area contributed by atoms with Gasteiger partial charge in [-0.3, -0.25) is 4.79 Å². The second kappa shape index (κ2) is 5.13. The maximum absolute atomic E-state index is 12.2. The molecule has 0 saturated heterocycles. The topological polar surface area (TPSA) is 29.1 Å². The van der Waals surface area contributed by atoms with Crippen molar-refractivity contribution in [2.24, 2.45) is 11.3 Å². The predicted molar refractivity (Wildman–Crippen MR) is 74.5 cm³/mol. The summed E-state index contributed by atoms with van der Waals surface area (Å²) in [7, 11) is 0. The maximum Gasteiger partial charge on any atom is 0.251 e. The molecule has 1 amide bonds. The van der Waals surface area contributed by atoms with Crippen LogP contribution in [0.1, 0.15) is 50.4 Å². The summed E-state index contributed by atoms with van der Waals surface area (Å²) < 4.78 is 0. The Hall–Kier alpha value is -1.31. The minimum absolute atomic E-state index is 0.0603. The molecule has 1 fully saturated rings. The van der Waals surface area contributed by atoms with E-state index in [-0.39, 0.29) is 5.91 Å². The molecule has 0 spiro atoms. The lowest BCUT2D eigenvalue weighted by atomic mass is 9.71. The van der Waals surface area contributed by atoms with Gasteiger partial charge < -0.3 is 5.32 Å². The maximum atomic E-state index is 12.2. The third kappa shape index (κ3) is 3.12. The molecule has 1 N–H and O–H groups in total. The van der Waals surface area contributed by atoms with Crippen LogP contribution in [0.5, 0.6) is 0 Å². The number of rotatable bonds is 2. The zero-order valence-electron chi connectivity index (χ0n) is 11.6. The van der Waals surface area contributed by atoms with Crippen LogP contribution in [0.4, 0.5) is 0 Å². The molecular weight excluding hydrogens is 222 g/mol. The summed E-state index contributed by atoms with van der Waals surface area (Å²) in [6.45, 7) is 6.83. The fraction of sp³-hybridized carbons (Fsp3) is 0.562. The molecular formula is C16H23NO. The van der Waals surface area contributed by atoms with E-state index in [4.69, 9.17) is 0 Å². The fourth-order valence-corrected chi connectivity index (χ4v) is 2.75. The zero-order valence-corrected chi connectivity index (χ0v) is 11.6. The van der Waals surface area contributed by atoms with E-state index in [1.54, 1.807) is 0 Å². The van der Waals surface area contributed by atoms with Gasteiger partial charge in [0.1, 0.15) is 0 Å². The van der Waals surface area contributed by atoms with Crippen LogP contribution in [0.25, 0.3) is 0 Å². The molecule has 1 aromatic rings. The molecule has 0 bridgehead atoms. The van der Waals surface area contributed by atoms with E-state index in [0.29, 0.717) is 17.4 Å². The zero-order chi connectivity index (χ0) is 13.2. The van der Waals surface area contributed by atoms with Crippen LogP contribution in [0, 0.1) is 11.3 Å². The number of carbonyl (C=O) groups excluding carboxylic acids is 1. The molecule has 1 aromatic carbocycles. The third-order valence-corrected chi connectivity index (χ3v) is 4.09. The Kier molecular flexibility index (Phi) is 3.74. The first-order chi connectivity index (χ1) is 8.48. The van der Waals surface area contributed by atoms with Crippen molar-refractivity contribution in [3.8, 4) is 0 Å². The molecule has 1 aliphatic carbocycles. The second-order valence-corrected chi connectivity index (χ2v) is 6.33. The van der Waals surface area contributed by atoms with E-state index in [1.807, 2.05) is 30.3 Å². The summed E-state index contributed by atoms with van der Waals surface area (Å²) in [4.78, 5) is 12.2. The van der Waals surface area contributed by atoms with Crippen molar-refractivity contribution < 1.29 is 4.79 Å². The van der Waals surface area contributed by atoms with E-state index in [2.05, 4.69) is 26.1 Å². The third-order valence-electron chi connectivity index (χ3n) is 4.09. The Morgan fingerprint density at radius 3 is 2.61 bits per heavy atom. The SMILES string of the molecule is CC1CCC(C)(C)CC1NC(=O)c1ccccc1. The van der Waals surface area contributed by atoms with Crippen molar-refractivity contribution in [3.05, 3.63) is 35.9 Å². The lowest BCUT2D eigenvalue weighted by molar-refractivity contribution is 0.0857. The summed E-state index contributed by atoms with van der Waals surface area (Å²) in [6.07, 6.45) is 3.53. The highest BCUT2D eigenvalue weighted by molar-refractivity contribution is 5.94. The first-order valence-corrected chi connectivity index (χ1v) is 6.84. The van der Waals surface area contributed by atoms with Crippen LogP contribution in [0.3, 0.4) is 0 Å². The highest BCUT2D eigenvalue weighted by Crippen LogP contribution is 2.38. The minimum atomic E-state index is 0.0603. The quantitative estimate of drug-likeness (QED) is 0.847. The predicted octanol–water partition coefficient (Wildman–Crippen LogP) is 3.63. The Morgan fingerprint density at radius 1 is 1.28 bits per heavy atom. The van der Waals surface area contributed by atoms with Gasteiger partial charge in [0.2, 0.25) is 0 Å². The average Bonchev–Trinajstić information content (AvgIpc) is 2.35. The molecule has 2 atom stereocenters. The van der Waals surface area contributed by atoms with E-state index < -0.39 is 0 Å². The summed E-state index contributed by atoms with van der Waals surface area (Å²) in [6, 6.07) is 9.79. The van der Waals surface area contributed by atoms with Crippen molar-refractivity contribution in [1.29, 1.82) is 0 Å². The van der Waals surface area contributed by atoms with Crippen LogP contribution in [0.15, 0.2) is 30.3 Å². The van der Waals surface area contributed by atoms with Crippen LogP contribution < -0.4 is 5.32 Å². The normalized spacial score (nSPS) is 26.6. The number of benzene rings is 1. The number of nitrogens with one attached hydrogen (secondary N) is 1. The molecule has 98 valence electrons. The van der Waals surface area contributed by atoms with Gasteiger partial charge >= 0.3 is 0 Å². The molecule has 0 radical (unpaired) electrons. The molecule has 2 rings (SSSR count). The van der Waals surface area contributed by atoms with Crippen LogP contribution in [-0.4, -0.2) is 11.9 Å². The summed E-state index contributed by atoms with van der Waals surface area (Å²) in [5.41, 5.74) is 1.11. The number of hydrogen-bond donors (Lipinski definition) is 1. The lowest BCUT2D eigenvalue weighted by Gasteiger charge is -2.39. The van der Waals surface area contributed by atoms with Crippen LogP contribution >= 0.6 is 0 Å². The standard InChI is InChI=1S/C16H23NO/c1-12-9-10-16(2,3)11-14(12)17-15(18)13-7-5-4-6-8-13/h4-8,12,14H,9-11H2,1-3H3,(H,17,18). The van der Waals surface area contributed by atoms with E-state index in [9.17, 15) is 4.79 Å². The first kappa shape index (κ1) is 13.1. The van der Waals surface area contributed by atoms with Gasteiger partial charge in [0, 0.05) is 11.6 Å². The van der Waals surface area contributed by atoms with Gasteiger partial charge in [0.15, 0.2) is 0 Å². The molecule has 1 aliphatic rings. The average molecular weight is 245 g/mol. The first-order valence-electron chi connectivity index (χ1n) is 6.84. The van der Waals surface area contributed by atoms with E-state index >= 15 is 0 Å². The summed E-state index contributed by atoms with van der Waals surface area (Å²) >= 11 is 0. The largest absolute Gasteiger partial charge is 0.349 e. The Labute approximate surface area is 110 Å². The number of amides is 1. The van der Waals surface area contributed by atoms with Crippen molar-refractivity contribution in [3.63, 3.8) is 0 Å². The van der Waals surface area contributed by atoms with Crippen molar-refractivity contribution in [2.45, 2.75) is 46.1 Å². The molecule has 0 aliphatic heterocycles. The van der Waals surface area contributed by atoms with Crippen molar-refractivity contribution in [1.82, 2.24) is 5.32 Å². The molecule has 2 heteroatoms. The molecule has 0 heterocycles. The number of carbonyl (C=O) groups is 1. The molecule has 2 unspecified atom stereocenters. The highest BCUT2D eigenvalue weighted by atomic mass is 16.1. The van der Waals surface area contributed by atoms with Crippen LogP contribution in [0.2, 0.25) is 0 Å². The Bertz CT molecular complexity index is 410. The van der Waals surface area contributed by atoms with Gasteiger partial charge in [0.05, 0.1) is 0 Å². The van der Waals surface area contributed by atoms with Gasteiger partial charge in [-0.1, -0.05) is 39.0 Å². The molecule has 0 aromatic heterocycles. The van der Waals surface area contributed by atoms with Gasteiger partial charge in [-0.25, -0.2) is 0 Å². The fourth-order valence-electron chi connectivity index (χ4n) is 2.75. The number of hydrogen-bond acceptors (Lipinski definition) is 1. The molecule has 18 heavy (non-hydrogen) atoms. The van der Waals surface area contributed by atoms with E-state index in [0.717, 1.165) is 12.0 Å². The molecule has 1 saturated carbocycles. The van der Waals surface area contributed by atoms with Crippen molar-refractivity contribution >= 4 is 5.91 Å². The lowest BCUT2D eigenvalue weighted by Crippen LogP contribution is -2.45. The summed E-state index contributed by atoms with van der Waals surface area (Å²) in [5, 5.41) is 3.20. The molecule has 2 nitrogen and oxygen atoms in total. The second-order valence-electron chi connectivity index (χ2n) is 6.33. The van der Waals surface area contributed by atoms with Crippen molar-refractivity contribution in [2.75, 3.05) is 0 Å². The van der Waals surface area contributed by atoms with Gasteiger partial charge in [-0.15, -0.1) is 0 Å². The Morgan fingerprint density at radius 2 is 1.94 bits per heavy atom. The van der Waals surface area contributed by atoms with Gasteiger partial charge in [0.25, 0.3) is 5.91 Å². The monoisotopic (exact) mass is 245 g/mol.